The van der Waals surface area contributed by atoms with Gasteiger partial charge in [0.1, 0.15) is 5.65 Å². The van der Waals surface area contributed by atoms with Crippen LogP contribution in [0.15, 0.2) is 36.9 Å². The number of H-pyrrole nitrogens is 1. The molecule has 3 N–H and O–H groups in total. The zero-order valence-electron chi connectivity index (χ0n) is 22.1. The van der Waals surface area contributed by atoms with E-state index < -0.39 is 0 Å². The molecule has 2 aliphatic rings. The molecular weight excluding hydrogens is 480 g/mol. The van der Waals surface area contributed by atoms with Gasteiger partial charge in [0.05, 0.1) is 23.4 Å². The Bertz CT molecular complexity index is 1410. The fourth-order valence-electron chi connectivity index (χ4n) is 5.76. The van der Waals surface area contributed by atoms with Crippen molar-refractivity contribution in [3.8, 4) is 11.1 Å². The lowest BCUT2D eigenvalue weighted by atomic mass is 9.93. The van der Waals surface area contributed by atoms with E-state index in [1.54, 1.807) is 17.8 Å². The van der Waals surface area contributed by atoms with E-state index in [0.717, 1.165) is 73.0 Å². The standard InChI is InChI=1S/C28H36N8O2/c1-35-10-7-18(8-11-35)14-30-28-31-16-23-22(15-29-26(23)34-28)19-9-12-36-25(13-19)24(17-32-36)27(37)33-20-3-5-21(38-2)6-4-20/h9,12-13,15-18,20-21H,3-8,10-11,14H2,1-2H3,(H,33,37)(H2,29,30,31,34)/t20-,21-. The number of hydrogen-bond donors (Lipinski definition) is 3. The predicted octanol–water partition coefficient (Wildman–Crippen LogP) is 3.71. The number of fused-ring (bicyclic) bond motifs is 2. The Morgan fingerprint density at radius 2 is 1.97 bits per heavy atom. The van der Waals surface area contributed by atoms with Crippen LogP contribution in [0.3, 0.4) is 0 Å². The minimum atomic E-state index is -0.0828. The topological polar surface area (TPSA) is 112 Å². The first-order valence-electron chi connectivity index (χ1n) is 13.7. The Balaban J connectivity index is 1.18. The number of nitrogens with zero attached hydrogens (tertiary/aromatic N) is 5. The molecule has 2 fully saturated rings. The molecule has 0 unspecified atom stereocenters. The number of rotatable bonds is 7. The van der Waals surface area contributed by atoms with Gasteiger partial charge in [-0.05, 0) is 82.3 Å². The van der Waals surface area contributed by atoms with Crippen LogP contribution in [0, 0.1) is 5.92 Å². The maximum absolute atomic E-state index is 13.1. The fourth-order valence-corrected chi connectivity index (χ4v) is 5.76. The lowest BCUT2D eigenvalue weighted by molar-refractivity contribution is 0.0599. The van der Waals surface area contributed by atoms with E-state index in [4.69, 9.17) is 9.72 Å². The van der Waals surface area contributed by atoms with Gasteiger partial charge in [-0.2, -0.15) is 10.1 Å². The number of anilines is 1. The van der Waals surface area contributed by atoms with E-state index in [0.29, 0.717) is 23.5 Å². The van der Waals surface area contributed by atoms with E-state index >= 15 is 0 Å². The Labute approximate surface area is 222 Å². The summed E-state index contributed by atoms with van der Waals surface area (Å²) in [6.45, 7) is 3.18. The molecule has 0 atom stereocenters. The smallest absolute Gasteiger partial charge is 0.255 e. The minimum Gasteiger partial charge on any atom is -0.381 e. The molecule has 200 valence electrons. The van der Waals surface area contributed by atoms with E-state index in [1.165, 1.54) is 12.8 Å². The molecule has 1 amide bonds. The summed E-state index contributed by atoms with van der Waals surface area (Å²) >= 11 is 0. The molecule has 10 nitrogen and oxygen atoms in total. The average molecular weight is 517 g/mol. The minimum absolute atomic E-state index is 0.0828. The second-order valence-electron chi connectivity index (χ2n) is 10.8. The van der Waals surface area contributed by atoms with Crippen LogP contribution in [0.1, 0.15) is 48.9 Å². The summed E-state index contributed by atoms with van der Waals surface area (Å²) in [4.78, 5) is 28.1. The van der Waals surface area contributed by atoms with Crippen molar-refractivity contribution in [1.82, 2.24) is 34.8 Å². The molecule has 1 aliphatic carbocycles. The SMILES string of the molecule is CO[C@H]1CC[C@H](NC(=O)c2cnn3ccc(-c4c[nH]c5nc(NCC6CCN(C)CC6)ncc45)cc23)CC1. The van der Waals surface area contributed by atoms with Gasteiger partial charge >= 0.3 is 0 Å². The van der Waals surface area contributed by atoms with Gasteiger partial charge in [-0.15, -0.1) is 0 Å². The third kappa shape index (κ3) is 5.10. The maximum atomic E-state index is 13.1. The quantitative estimate of drug-likeness (QED) is 0.343. The van der Waals surface area contributed by atoms with E-state index in [1.807, 2.05) is 30.7 Å². The Morgan fingerprint density at radius 1 is 1.16 bits per heavy atom. The molecule has 1 saturated carbocycles. The van der Waals surface area contributed by atoms with Crippen molar-refractivity contribution in [1.29, 1.82) is 0 Å². The van der Waals surface area contributed by atoms with Crippen LogP contribution in [0.5, 0.6) is 0 Å². The number of nitrogens with one attached hydrogen (secondary N) is 3. The molecule has 4 aromatic rings. The van der Waals surface area contributed by atoms with Gasteiger partial charge in [0.2, 0.25) is 5.95 Å². The van der Waals surface area contributed by atoms with Crippen molar-refractivity contribution >= 4 is 28.4 Å². The molecule has 10 heteroatoms. The van der Waals surface area contributed by atoms with Crippen molar-refractivity contribution < 1.29 is 9.53 Å². The molecule has 0 spiro atoms. The zero-order valence-corrected chi connectivity index (χ0v) is 22.1. The van der Waals surface area contributed by atoms with Crippen molar-refractivity contribution in [2.75, 3.05) is 39.1 Å². The predicted molar refractivity (Wildman–Crippen MR) is 147 cm³/mol. The lowest BCUT2D eigenvalue weighted by Gasteiger charge is -2.28. The molecule has 38 heavy (non-hydrogen) atoms. The molecule has 5 heterocycles. The van der Waals surface area contributed by atoms with Crippen molar-refractivity contribution in [3.05, 3.63) is 42.5 Å². The number of carbonyl (C=O) groups is 1. The molecule has 0 aromatic carbocycles. The highest BCUT2D eigenvalue weighted by molar-refractivity contribution is 6.02. The molecule has 0 bridgehead atoms. The molecule has 0 radical (unpaired) electrons. The number of amides is 1. The molecule has 6 rings (SSSR count). The number of methoxy groups -OCH3 is 1. The number of likely N-dealkylation sites (tertiary alicyclic amines) is 1. The summed E-state index contributed by atoms with van der Waals surface area (Å²) in [7, 11) is 3.94. The largest absolute Gasteiger partial charge is 0.381 e. The summed E-state index contributed by atoms with van der Waals surface area (Å²) in [5.74, 6) is 1.22. The highest BCUT2D eigenvalue weighted by Gasteiger charge is 2.24. The third-order valence-corrected chi connectivity index (χ3v) is 8.24. The van der Waals surface area contributed by atoms with Crippen LogP contribution in [0.4, 0.5) is 5.95 Å². The summed E-state index contributed by atoms with van der Waals surface area (Å²) in [6, 6.07) is 4.18. The molecule has 1 saturated heterocycles. The van der Waals surface area contributed by atoms with Crippen molar-refractivity contribution in [2.45, 2.75) is 50.7 Å². The second-order valence-corrected chi connectivity index (χ2v) is 10.8. The highest BCUT2D eigenvalue weighted by atomic mass is 16.5. The first kappa shape index (κ1) is 24.8. The van der Waals surface area contributed by atoms with Gasteiger partial charge in [-0.25, -0.2) is 9.50 Å². The molecule has 4 aromatic heterocycles. The van der Waals surface area contributed by atoms with Crippen LogP contribution >= 0.6 is 0 Å². The van der Waals surface area contributed by atoms with E-state index in [2.05, 4.69) is 37.6 Å². The van der Waals surface area contributed by atoms with Crippen molar-refractivity contribution in [3.63, 3.8) is 0 Å². The maximum Gasteiger partial charge on any atom is 0.255 e. The summed E-state index contributed by atoms with van der Waals surface area (Å²) in [6.07, 6.45) is 13.9. The van der Waals surface area contributed by atoms with E-state index in [9.17, 15) is 4.79 Å². The Kier molecular flexibility index (Phi) is 6.99. The first-order chi connectivity index (χ1) is 18.6. The Hall–Kier alpha value is -3.50. The number of aromatic amines is 1. The number of hydrogen-bond acceptors (Lipinski definition) is 7. The lowest BCUT2D eigenvalue weighted by Crippen LogP contribution is -2.38. The highest BCUT2D eigenvalue weighted by Crippen LogP contribution is 2.30. The fraction of sp³-hybridized carbons (Fsp3) is 0.500. The number of carbonyl (C=O) groups excluding carboxylic acids is 1. The van der Waals surface area contributed by atoms with Crippen LogP contribution in [-0.2, 0) is 4.74 Å². The van der Waals surface area contributed by atoms with E-state index in [-0.39, 0.29) is 11.9 Å². The zero-order chi connectivity index (χ0) is 26.1. The summed E-state index contributed by atoms with van der Waals surface area (Å²) < 4.78 is 7.20. The third-order valence-electron chi connectivity index (χ3n) is 8.24. The number of ether oxygens (including phenoxy) is 1. The molecule has 1 aliphatic heterocycles. The van der Waals surface area contributed by atoms with Crippen molar-refractivity contribution in [2.24, 2.45) is 5.92 Å². The van der Waals surface area contributed by atoms with Gasteiger partial charge in [-0.1, -0.05) is 0 Å². The number of piperidine rings is 1. The first-order valence-corrected chi connectivity index (χ1v) is 13.7. The van der Waals surface area contributed by atoms with Crippen LogP contribution in [0.2, 0.25) is 0 Å². The van der Waals surface area contributed by atoms with Crippen LogP contribution in [0.25, 0.3) is 27.7 Å². The van der Waals surface area contributed by atoms with Crippen LogP contribution < -0.4 is 10.6 Å². The van der Waals surface area contributed by atoms with Gasteiger partial charge in [0.15, 0.2) is 0 Å². The second kappa shape index (κ2) is 10.7. The average Bonchev–Trinajstić information content (AvgIpc) is 3.57. The van der Waals surface area contributed by atoms with Crippen LogP contribution in [-0.4, -0.2) is 81.3 Å². The normalized spacial score (nSPS) is 21.2. The Morgan fingerprint density at radius 3 is 2.76 bits per heavy atom. The number of aromatic nitrogens is 5. The van der Waals surface area contributed by atoms with Gasteiger partial charge in [0, 0.05) is 49.2 Å². The molecular formula is C28H36N8O2. The monoisotopic (exact) mass is 516 g/mol. The number of pyridine rings is 1. The van der Waals surface area contributed by atoms with Gasteiger partial charge < -0.3 is 25.3 Å². The van der Waals surface area contributed by atoms with Gasteiger partial charge in [0.25, 0.3) is 5.91 Å². The summed E-state index contributed by atoms with van der Waals surface area (Å²) in [5.41, 5.74) is 4.12. The summed E-state index contributed by atoms with van der Waals surface area (Å²) in [5, 5.41) is 12.0. The van der Waals surface area contributed by atoms with Gasteiger partial charge in [-0.3, -0.25) is 4.79 Å².